The summed E-state index contributed by atoms with van der Waals surface area (Å²) in [5.41, 5.74) is 2.69. The van der Waals surface area contributed by atoms with Gasteiger partial charge in [-0.1, -0.05) is 23.4 Å². The number of nitrogens with zero attached hydrogens (tertiary/aromatic N) is 3. The number of carbonyl (C=O) groups is 1. The highest BCUT2D eigenvalue weighted by Crippen LogP contribution is 2.18. The van der Waals surface area contributed by atoms with E-state index in [2.05, 4.69) is 15.0 Å². The molecule has 0 radical (unpaired) electrons. The minimum Gasteiger partial charge on any atom is -0.485 e. The van der Waals surface area contributed by atoms with Gasteiger partial charge < -0.3 is 18.9 Å². The molecule has 2 heterocycles. The molecular weight excluding hydrogens is 382 g/mol. The number of allylic oxidation sites excluding steroid dienone is 1. The predicted octanol–water partition coefficient (Wildman–Crippen LogP) is 3.69. The Kier molecular flexibility index (Phi) is 6.20. The average Bonchev–Trinajstić information content (AvgIpc) is 3.22. The first-order valence-electron chi connectivity index (χ1n) is 9.84. The standard InChI is InChI=1S/C23H23N3O4/c1-17-24-23(25-30-17)16-29-21-9-2-18(3-10-21)4-11-22(27)19-5-7-20(8-6-19)26-12-14-28-15-13-26/h2-11H,12-16H2,1H3/b11-4+. The number of hydrogen-bond acceptors (Lipinski definition) is 7. The largest absolute Gasteiger partial charge is 0.485 e. The first-order valence-corrected chi connectivity index (χ1v) is 9.84. The van der Waals surface area contributed by atoms with Crippen molar-refractivity contribution in [2.45, 2.75) is 13.5 Å². The fourth-order valence-electron chi connectivity index (χ4n) is 3.15. The van der Waals surface area contributed by atoms with E-state index in [9.17, 15) is 4.79 Å². The van der Waals surface area contributed by atoms with Crippen molar-refractivity contribution < 1.29 is 18.8 Å². The zero-order chi connectivity index (χ0) is 20.8. The number of ketones is 1. The third-order valence-electron chi connectivity index (χ3n) is 4.77. The van der Waals surface area contributed by atoms with Crippen LogP contribution in [-0.4, -0.2) is 42.2 Å². The molecule has 0 atom stereocenters. The van der Waals surface area contributed by atoms with Crippen molar-refractivity contribution in [2.24, 2.45) is 0 Å². The molecule has 4 rings (SSSR count). The number of hydrogen-bond donors (Lipinski definition) is 0. The van der Waals surface area contributed by atoms with Gasteiger partial charge in [-0.15, -0.1) is 0 Å². The van der Waals surface area contributed by atoms with Crippen LogP contribution in [0.4, 0.5) is 5.69 Å². The van der Waals surface area contributed by atoms with Gasteiger partial charge in [0, 0.05) is 31.3 Å². The second-order valence-electron chi connectivity index (χ2n) is 6.93. The summed E-state index contributed by atoms with van der Waals surface area (Å²) in [6.45, 7) is 5.21. The maximum absolute atomic E-state index is 12.5. The van der Waals surface area contributed by atoms with Gasteiger partial charge in [-0.3, -0.25) is 4.79 Å². The number of carbonyl (C=O) groups excluding carboxylic acids is 1. The fourth-order valence-corrected chi connectivity index (χ4v) is 3.15. The fraction of sp³-hybridized carbons (Fsp3) is 0.261. The number of benzene rings is 2. The Labute approximate surface area is 174 Å². The Hall–Kier alpha value is -3.45. The molecule has 7 nitrogen and oxygen atoms in total. The van der Waals surface area contributed by atoms with Gasteiger partial charge in [0.05, 0.1) is 13.2 Å². The predicted molar refractivity (Wildman–Crippen MR) is 113 cm³/mol. The lowest BCUT2D eigenvalue weighted by Gasteiger charge is -2.28. The topological polar surface area (TPSA) is 77.7 Å². The highest BCUT2D eigenvalue weighted by atomic mass is 16.5. The molecule has 0 spiro atoms. The van der Waals surface area contributed by atoms with Crippen LogP contribution in [-0.2, 0) is 11.3 Å². The minimum absolute atomic E-state index is 0.0312. The lowest BCUT2D eigenvalue weighted by Crippen LogP contribution is -2.36. The van der Waals surface area contributed by atoms with Crippen molar-refractivity contribution >= 4 is 17.5 Å². The maximum Gasteiger partial charge on any atom is 0.223 e. The van der Waals surface area contributed by atoms with Crippen LogP contribution in [0.5, 0.6) is 5.75 Å². The Morgan fingerprint density at radius 3 is 2.50 bits per heavy atom. The molecule has 2 aromatic carbocycles. The van der Waals surface area contributed by atoms with Crippen LogP contribution in [0, 0.1) is 6.92 Å². The van der Waals surface area contributed by atoms with Crippen LogP contribution in [0.15, 0.2) is 59.1 Å². The van der Waals surface area contributed by atoms with Crippen molar-refractivity contribution in [3.05, 3.63) is 77.4 Å². The SMILES string of the molecule is Cc1nc(COc2ccc(/C=C/C(=O)c3ccc(N4CCOCC4)cc3)cc2)no1. The molecule has 154 valence electrons. The van der Waals surface area contributed by atoms with E-state index in [0.717, 1.165) is 37.6 Å². The quantitative estimate of drug-likeness (QED) is 0.438. The van der Waals surface area contributed by atoms with Gasteiger partial charge in [0.1, 0.15) is 5.75 Å². The number of aryl methyl sites for hydroxylation is 1. The van der Waals surface area contributed by atoms with E-state index in [0.29, 0.717) is 23.0 Å². The van der Waals surface area contributed by atoms with E-state index < -0.39 is 0 Å². The molecular formula is C23H23N3O4. The zero-order valence-corrected chi connectivity index (χ0v) is 16.8. The van der Waals surface area contributed by atoms with Crippen LogP contribution >= 0.6 is 0 Å². The van der Waals surface area contributed by atoms with Crippen molar-refractivity contribution in [1.82, 2.24) is 10.1 Å². The third-order valence-corrected chi connectivity index (χ3v) is 4.77. The monoisotopic (exact) mass is 405 g/mol. The van der Waals surface area contributed by atoms with Crippen molar-refractivity contribution in [2.75, 3.05) is 31.2 Å². The lowest BCUT2D eigenvalue weighted by atomic mass is 10.1. The summed E-state index contributed by atoms with van der Waals surface area (Å²) in [5.74, 6) is 1.67. The molecule has 1 saturated heterocycles. The highest BCUT2D eigenvalue weighted by molar-refractivity contribution is 6.07. The van der Waals surface area contributed by atoms with E-state index >= 15 is 0 Å². The molecule has 7 heteroatoms. The Bertz CT molecular complexity index is 1000. The molecule has 1 aliphatic rings. The summed E-state index contributed by atoms with van der Waals surface area (Å²) in [4.78, 5) is 18.8. The molecule has 30 heavy (non-hydrogen) atoms. The Morgan fingerprint density at radius 2 is 1.83 bits per heavy atom. The molecule has 0 amide bonds. The normalized spacial score (nSPS) is 14.2. The second kappa shape index (κ2) is 9.37. The van der Waals surface area contributed by atoms with Gasteiger partial charge in [0.15, 0.2) is 12.4 Å². The summed E-state index contributed by atoms with van der Waals surface area (Å²) in [6.07, 6.45) is 3.38. The van der Waals surface area contributed by atoms with E-state index in [1.54, 1.807) is 19.1 Å². The molecule has 3 aromatic rings. The third kappa shape index (κ3) is 5.12. The van der Waals surface area contributed by atoms with Crippen LogP contribution in [0.1, 0.15) is 27.6 Å². The summed E-state index contributed by atoms with van der Waals surface area (Å²) >= 11 is 0. The Morgan fingerprint density at radius 1 is 1.10 bits per heavy atom. The molecule has 0 saturated carbocycles. The van der Waals surface area contributed by atoms with E-state index in [1.165, 1.54) is 0 Å². The number of anilines is 1. The van der Waals surface area contributed by atoms with Gasteiger partial charge in [-0.25, -0.2) is 0 Å². The molecule has 1 aliphatic heterocycles. The molecule has 0 unspecified atom stereocenters. The first kappa shape index (κ1) is 19.8. The molecule has 0 bridgehead atoms. The van der Waals surface area contributed by atoms with Crippen molar-refractivity contribution in [3.63, 3.8) is 0 Å². The van der Waals surface area contributed by atoms with E-state index in [4.69, 9.17) is 14.0 Å². The number of aromatic nitrogens is 2. The zero-order valence-electron chi connectivity index (χ0n) is 16.8. The van der Waals surface area contributed by atoms with Crippen LogP contribution in [0.3, 0.4) is 0 Å². The average molecular weight is 405 g/mol. The molecule has 1 fully saturated rings. The van der Waals surface area contributed by atoms with E-state index in [1.807, 2.05) is 48.5 Å². The van der Waals surface area contributed by atoms with Crippen LogP contribution in [0.25, 0.3) is 6.08 Å². The van der Waals surface area contributed by atoms with Crippen LogP contribution in [0.2, 0.25) is 0 Å². The van der Waals surface area contributed by atoms with Gasteiger partial charge in [0.2, 0.25) is 11.7 Å². The Balaban J connectivity index is 1.32. The van der Waals surface area contributed by atoms with Crippen molar-refractivity contribution in [1.29, 1.82) is 0 Å². The summed E-state index contributed by atoms with van der Waals surface area (Å²) < 4.78 is 15.9. The second-order valence-corrected chi connectivity index (χ2v) is 6.93. The van der Waals surface area contributed by atoms with Gasteiger partial charge in [0.25, 0.3) is 0 Å². The number of rotatable bonds is 7. The van der Waals surface area contributed by atoms with Gasteiger partial charge in [-0.2, -0.15) is 4.98 Å². The summed E-state index contributed by atoms with van der Waals surface area (Å²) in [5, 5.41) is 3.79. The minimum atomic E-state index is -0.0312. The molecule has 1 aromatic heterocycles. The van der Waals surface area contributed by atoms with Gasteiger partial charge in [-0.05, 0) is 48.0 Å². The summed E-state index contributed by atoms with van der Waals surface area (Å²) in [7, 11) is 0. The van der Waals surface area contributed by atoms with E-state index in [-0.39, 0.29) is 12.4 Å². The highest BCUT2D eigenvalue weighted by Gasteiger charge is 2.11. The molecule has 0 aliphatic carbocycles. The number of ether oxygens (including phenoxy) is 2. The maximum atomic E-state index is 12.5. The smallest absolute Gasteiger partial charge is 0.223 e. The van der Waals surface area contributed by atoms with Crippen molar-refractivity contribution in [3.8, 4) is 5.75 Å². The summed E-state index contributed by atoms with van der Waals surface area (Å²) in [6, 6.07) is 15.2. The van der Waals surface area contributed by atoms with Gasteiger partial charge >= 0.3 is 0 Å². The number of morpholine rings is 1. The molecule has 0 N–H and O–H groups in total. The lowest BCUT2D eigenvalue weighted by molar-refractivity contribution is 0.104. The first-order chi connectivity index (χ1) is 14.7. The van der Waals surface area contributed by atoms with Crippen LogP contribution < -0.4 is 9.64 Å².